The van der Waals surface area contributed by atoms with Gasteiger partial charge in [-0.1, -0.05) is 41.9 Å². The van der Waals surface area contributed by atoms with Gasteiger partial charge in [-0.3, -0.25) is 4.90 Å². The lowest BCUT2D eigenvalue weighted by atomic mass is 9.82. The van der Waals surface area contributed by atoms with E-state index in [9.17, 15) is 12.8 Å². The van der Waals surface area contributed by atoms with E-state index in [-0.39, 0.29) is 30.8 Å². The van der Waals surface area contributed by atoms with Gasteiger partial charge in [0.25, 0.3) is 0 Å². The zero-order valence-electron chi connectivity index (χ0n) is 27.3. The summed E-state index contributed by atoms with van der Waals surface area (Å²) in [5, 5.41) is 4.45. The molecular weight excluding hydrogens is 667 g/mol. The Bertz CT molecular complexity index is 2090. The van der Waals surface area contributed by atoms with E-state index in [1.54, 1.807) is 68.0 Å². The van der Waals surface area contributed by atoms with Gasteiger partial charge in [0.2, 0.25) is 0 Å². The standard InChI is InChI=1S/C37H36ClFN4O5S/c1-25(43(2)16-18-49(44,45)29-11-5-4-6-12-29)37(15-8-17-48-37)31-21-30-33(22-35(31)46-3)40-24-41-36(30)42-28-13-14-34(32(38)20-28)47-23-26-9-7-10-27(39)19-26/h4-14,17,19-22,24-25H,15-16,18,23H2,1-3H3,(H,40,41,42). The van der Waals surface area contributed by atoms with E-state index in [0.29, 0.717) is 50.4 Å². The number of nitrogens with zero attached hydrogens (tertiary/aromatic N) is 3. The number of benzene rings is 4. The third kappa shape index (κ3) is 7.34. The van der Waals surface area contributed by atoms with Crippen molar-refractivity contribution in [2.24, 2.45) is 0 Å². The van der Waals surface area contributed by atoms with E-state index in [2.05, 4.69) is 15.3 Å². The van der Waals surface area contributed by atoms with Crippen LogP contribution in [0.1, 0.15) is 24.5 Å². The van der Waals surface area contributed by atoms with Crippen molar-refractivity contribution in [1.82, 2.24) is 14.9 Å². The molecule has 0 saturated carbocycles. The molecule has 0 radical (unpaired) electrons. The van der Waals surface area contributed by atoms with Crippen LogP contribution in [0.4, 0.5) is 15.9 Å². The number of aromatic nitrogens is 2. The molecule has 0 saturated heterocycles. The highest BCUT2D eigenvalue weighted by atomic mass is 35.5. The number of anilines is 2. The first kappa shape index (κ1) is 34.2. The summed E-state index contributed by atoms with van der Waals surface area (Å²) in [6, 6.07) is 23.5. The van der Waals surface area contributed by atoms with Crippen LogP contribution in [0, 0.1) is 5.82 Å². The molecule has 2 atom stereocenters. The molecule has 1 aromatic heterocycles. The van der Waals surface area contributed by atoms with Crippen molar-refractivity contribution in [2.75, 3.05) is 31.8 Å². The molecule has 0 amide bonds. The van der Waals surface area contributed by atoms with Crippen LogP contribution in [0.15, 0.2) is 108 Å². The fourth-order valence-corrected chi connectivity index (χ4v) is 7.54. The van der Waals surface area contributed by atoms with E-state index >= 15 is 0 Å². The Morgan fingerprint density at radius 2 is 1.86 bits per heavy atom. The highest BCUT2D eigenvalue weighted by Crippen LogP contribution is 2.46. The Kier molecular flexibility index (Phi) is 10.0. The number of ether oxygens (including phenoxy) is 3. The average molecular weight is 703 g/mol. The number of nitrogens with one attached hydrogen (secondary N) is 1. The summed E-state index contributed by atoms with van der Waals surface area (Å²) in [7, 11) is 0.0194. The molecule has 2 unspecified atom stereocenters. The number of sulfone groups is 1. The normalized spacial score (nSPS) is 16.4. The van der Waals surface area contributed by atoms with E-state index in [4.69, 9.17) is 25.8 Å². The lowest BCUT2D eigenvalue weighted by Gasteiger charge is -2.41. The highest BCUT2D eigenvalue weighted by molar-refractivity contribution is 7.91. The van der Waals surface area contributed by atoms with Gasteiger partial charge in [0.05, 0.1) is 40.6 Å². The van der Waals surface area contributed by atoms with Gasteiger partial charge >= 0.3 is 0 Å². The van der Waals surface area contributed by atoms with Crippen molar-refractivity contribution in [3.8, 4) is 11.5 Å². The van der Waals surface area contributed by atoms with Gasteiger partial charge in [-0.2, -0.15) is 0 Å². The molecule has 0 bridgehead atoms. The summed E-state index contributed by atoms with van der Waals surface area (Å²) in [6.07, 6.45) is 5.63. The van der Waals surface area contributed by atoms with Crippen molar-refractivity contribution >= 4 is 43.8 Å². The SMILES string of the molecule is COc1cc2ncnc(Nc3ccc(OCc4cccc(F)c4)c(Cl)c3)c2cc1C1(C(C)N(C)CCS(=O)(=O)c2ccccc2)CC=CO1. The summed E-state index contributed by atoms with van der Waals surface area (Å²) in [6.45, 7) is 2.48. The van der Waals surface area contributed by atoms with E-state index < -0.39 is 15.4 Å². The summed E-state index contributed by atoms with van der Waals surface area (Å²) in [5.41, 5.74) is 1.89. The molecule has 1 N–H and O–H groups in total. The lowest BCUT2D eigenvalue weighted by Crippen LogP contribution is -2.48. The van der Waals surface area contributed by atoms with Crippen LogP contribution in [0.25, 0.3) is 10.9 Å². The quantitative estimate of drug-likeness (QED) is 0.132. The number of methoxy groups -OCH3 is 1. The van der Waals surface area contributed by atoms with Gasteiger partial charge in [0.15, 0.2) is 15.4 Å². The van der Waals surface area contributed by atoms with Crippen LogP contribution in [0.2, 0.25) is 5.02 Å². The van der Waals surface area contributed by atoms with Crippen LogP contribution in [-0.2, 0) is 26.8 Å². The van der Waals surface area contributed by atoms with Crippen LogP contribution in [0.5, 0.6) is 11.5 Å². The highest BCUT2D eigenvalue weighted by Gasteiger charge is 2.45. The molecule has 4 aromatic carbocycles. The van der Waals surface area contributed by atoms with Crippen molar-refractivity contribution in [2.45, 2.75) is 36.5 Å². The average Bonchev–Trinajstić information content (AvgIpc) is 3.61. The van der Waals surface area contributed by atoms with Crippen LogP contribution in [0.3, 0.4) is 0 Å². The minimum atomic E-state index is -3.48. The van der Waals surface area contributed by atoms with E-state index in [1.165, 1.54) is 18.5 Å². The van der Waals surface area contributed by atoms with Gasteiger partial charge in [-0.25, -0.2) is 22.8 Å². The smallest absolute Gasteiger partial charge is 0.179 e. The molecule has 5 aromatic rings. The molecule has 0 aliphatic carbocycles. The summed E-state index contributed by atoms with van der Waals surface area (Å²) in [5.74, 6) is 1.20. The molecule has 0 fully saturated rings. The van der Waals surface area contributed by atoms with Gasteiger partial charge in [-0.05, 0) is 74.1 Å². The Morgan fingerprint density at radius 1 is 1.04 bits per heavy atom. The maximum absolute atomic E-state index is 13.6. The number of rotatable bonds is 13. The van der Waals surface area contributed by atoms with Crippen molar-refractivity contribution < 1.29 is 27.0 Å². The minimum Gasteiger partial charge on any atom is -0.496 e. The molecule has 49 heavy (non-hydrogen) atoms. The molecule has 12 heteroatoms. The second-order valence-electron chi connectivity index (χ2n) is 11.9. The number of halogens is 2. The predicted molar refractivity (Wildman–Crippen MR) is 189 cm³/mol. The van der Waals surface area contributed by atoms with Gasteiger partial charge < -0.3 is 19.5 Å². The van der Waals surface area contributed by atoms with Crippen molar-refractivity contribution in [3.63, 3.8) is 0 Å². The molecule has 6 rings (SSSR count). The third-order valence-electron chi connectivity index (χ3n) is 8.84. The topological polar surface area (TPSA) is 103 Å². The Hall–Kier alpha value is -4.71. The van der Waals surface area contributed by atoms with Crippen molar-refractivity contribution in [3.05, 3.63) is 126 Å². The molecule has 2 heterocycles. The fourth-order valence-electron chi connectivity index (χ4n) is 5.97. The van der Waals surface area contributed by atoms with E-state index in [0.717, 1.165) is 10.9 Å². The van der Waals surface area contributed by atoms with Gasteiger partial charge in [-0.15, -0.1) is 0 Å². The first-order valence-corrected chi connectivity index (χ1v) is 17.7. The maximum atomic E-state index is 13.6. The Morgan fingerprint density at radius 3 is 2.57 bits per heavy atom. The number of hydrogen-bond donors (Lipinski definition) is 1. The number of fused-ring (bicyclic) bond motifs is 1. The fraction of sp³-hybridized carbons (Fsp3) is 0.243. The van der Waals surface area contributed by atoms with Gasteiger partial charge in [0.1, 0.15) is 36.1 Å². The molecule has 1 aliphatic heterocycles. The molecule has 0 spiro atoms. The largest absolute Gasteiger partial charge is 0.496 e. The number of hydrogen-bond acceptors (Lipinski definition) is 9. The van der Waals surface area contributed by atoms with Gasteiger partial charge in [0, 0.05) is 35.7 Å². The monoisotopic (exact) mass is 702 g/mol. The Labute approximate surface area is 290 Å². The third-order valence-corrected chi connectivity index (χ3v) is 10.8. The number of likely N-dealkylation sites (N-methyl/N-ethyl adjacent to an activating group) is 1. The zero-order valence-corrected chi connectivity index (χ0v) is 28.8. The van der Waals surface area contributed by atoms with E-state index in [1.807, 2.05) is 43.1 Å². The van der Waals surface area contributed by atoms with Crippen LogP contribution < -0.4 is 14.8 Å². The summed E-state index contributed by atoms with van der Waals surface area (Å²) in [4.78, 5) is 11.3. The lowest BCUT2D eigenvalue weighted by molar-refractivity contribution is -0.0322. The minimum absolute atomic E-state index is 0.0463. The van der Waals surface area contributed by atoms with Crippen LogP contribution >= 0.6 is 11.6 Å². The first-order valence-electron chi connectivity index (χ1n) is 15.7. The first-order chi connectivity index (χ1) is 23.6. The predicted octanol–water partition coefficient (Wildman–Crippen LogP) is 7.68. The second kappa shape index (κ2) is 14.4. The van der Waals surface area contributed by atoms with Crippen LogP contribution in [-0.4, -0.2) is 55.8 Å². The van der Waals surface area contributed by atoms with Crippen molar-refractivity contribution in [1.29, 1.82) is 0 Å². The molecular formula is C37H36ClFN4O5S. The molecule has 254 valence electrons. The molecule has 9 nitrogen and oxygen atoms in total. The zero-order chi connectivity index (χ0) is 34.6. The molecule has 1 aliphatic rings. The summed E-state index contributed by atoms with van der Waals surface area (Å²) < 4.78 is 57.8. The maximum Gasteiger partial charge on any atom is 0.179 e. The second-order valence-corrected chi connectivity index (χ2v) is 14.4. The Balaban J connectivity index is 1.26. The summed E-state index contributed by atoms with van der Waals surface area (Å²) >= 11 is 6.58.